The number of imidazole rings is 1. The summed E-state index contributed by atoms with van der Waals surface area (Å²) in [7, 11) is 0. The predicted octanol–water partition coefficient (Wildman–Crippen LogP) is 0.822. The second-order valence-electron chi connectivity index (χ2n) is 2.58. The molecule has 1 amide bonds. The summed E-state index contributed by atoms with van der Waals surface area (Å²) in [6.45, 7) is 1.74. The van der Waals surface area contributed by atoms with Gasteiger partial charge in [0.05, 0.1) is 5.69 Å². The molecule has 0 aliphatic carbocycles. The molecule has 2 N–H and O–H groups in total. The van der Waals surface area contributed by atoms with Crippen LogP contribution in [0.4, 0.5) is 5.95 Å². The van der Waals surface area contributed by atoms with Crippen LogP contribution in [0.5, 0.6) is 0 Å². The smallest absolute Gasteiger partial charge is 0.271 e. The molecule has 0 aromatic carbocycles. The minimum atomic E-state index is -0.243. The summed E-state index contributed by atoms with van der Waals surface area (Å²) in [6.07, 6.45) is 3.20. The number of carbonyl (C=O) groups excluding carboxylic acids is 1. The number of anilines is 1. The lowest BCUT2D eigenvalue weighted by Gasteiger charge is -1.97. The predicted molar refractivity (Wildman–Crippen MR) is 51.2 cm³/mol. The number of H-pyrrole nitrogens is 1. The average molecular weight is 209 g/mol. The van der Waals surface area contributed by atoms with Crippen molar-refractivity contribution in [2.75, 3.05) is 5.32 Å². The van der Waals surface area contributed by atoms with E-state index < -0.39 is 0 Å². The summed E-state index contributed by atoms with van der Waals surface area (Å²) < 4.78 is 3.67. The Labute approximate surface area is 83.5 Å². The van der Waals surface area contributed by atoms with Crippen molar-refractivity contribution in [1.82, 2.24) is 19.6 Å². The van der Waals surface area contributed by atoms with Crippen molar-refractivity contribution in [2.24, 2.45) is 0 Å². The highest BCUT2D eigenvalue weighted by atomic mass is 32.1. The molecule has 2 heterocycles. The highest BCUT2D eigenvalue weighted by Gasteiger charge is 2.13. The van der Waals surface area contributed by atoms with E-state index >= 15 is 0 Å². The second kappa shape index (κ2) is 3.54. The minimum absolute atomic E-state index is 0.243. The SMILES string of the molecule is Cc1nnsc1C(=O)Nc1ncc[nH]1. The van der Waals surface area contributed by atoms with Gasteiger partial charge in [-0.25, -0.2) is 4.98 Å². The van der Waals surface area contributed by atoms with Crippen molar-refractivity contribution in [3.8, 4) is 0 Å². The van der Waals surface area contributed by atoms with E-state index in [1.165, 1.54) is 0 Å². The second-order valence-corrected chi connectivity index (χ2v) is 3.33. The van der Waals surface area contributed by atoms with Gasteiger partial charge in [0.15, 0.2) is 0 Å². The molecule has 6 nitrogen and oxygen atoms in total. The maximum absolute atomic E-state index is 11.6. The molecular formula is C7H7N5OS. The first-order chi connectivity index (χ1) is 6.77. The molecule has 0 aliphatic rings. The van der Waals surface area contributed by atoms with Crippen molar-refractivity contribution >= 4 is 23.4 Å². The molecule has 0 atom stereocenters. The van der Waals surface area contributed by atoms with Crippen LogP contribution < -0.4 is 5.32 Å². The Morgan fingerprint density at radius 2 is 2.50 bits per heavy atom. The highest BCUT2D eigenvalue weighted by molar-refractivity contribution is 7.08. The third-order valence-electron chi connectivity index (χ3n) is 1.59. The fourth-order valence-corrected chi connectivity index (χ4v) is 1.49. The lowest BCUT2D eigenvalue weighted by atomic mass is 10.4. The van der Waals surface area contributed by atoms with Gasteiger partial charge in [-0.15, -0.1) is 5.10 Å². The monoisotopic (exact) mass is 209 g/mol. The zero-order chi connectivity index (χ0) is 9.97. The van der Waals surface area contributed by atoms with Gasteiger partial charge >= 0.3 is 0 Å². The lowest BCUT2D eigenvalue weighted by molar-refractivity contribution is 0.102. The quantitative estimate of drug-likeness (QED) is 0.767. The molecule has 2 rings (SSSR count). The van der Waals surface area contributed by atoms with E-state index in [1.54, 1.807) is 19.3 Å². The molecule has 0 saturated carbocycles. The first kappa shape index (κ1) is 8.82. The van der Waals surface area contributed by atoms with E-state index in [9.17, 15) is 4.79 Å². The van der Waals surface area contributed by atoms with Gasteiger partial charge in [0, 0.05) is 12.4 Å². The van der Waals surface area contributed by atoms with Gasteiger partial charge in [0.1, 0.15) is 4.88 Å². The molecule has 0 fully saturated rings. The van der Waals surface area contributed by atoms with Gasteiger partial charge in [-0.1, -0.05) is 4.49 Å². The molecule has 0 saturated heterocycles. The van der Waals surface area contributed by atoms with Crippen molar-refractivity contribution in [1.29, 1.82) is 0 Å². The zero-order valence-electron chi connectivity index (χ0n) is 7.31. The third kappa shape index (κ3) is 1.62. The van der Waals surface area contributed by atoms with Crippen LogP contribution in [-0.2, 0) is 0 Å². The van der Waals surface area contributed by atoms with Crippen molar-refractivity contribution in [3.63, 3.8) is 0 Å². The molecule has 7 heteroatoms. The van der Waals surface area contributed by atoms with Gasteiger partial charge in [-0.3, -0.25) is 10.1 Å². The Kier molecular flexibility index (Phi) is 2.23. The molecule has 0 spiro atoms. The topological polar surface area (TPSA) is 83.6 Å². The van der Waals surface area contributed by atoms with Crippen LogP contribution in [0.1, 0.15) is 15.4 Å². The number of hydrogen-bond acceptors (Lipinski definition) is 5. The number of aromatic amines is 1. The molecule has 0 radical (unpaired) electrons. The number of amides is 1. The van der Waals surface area contributed by atoms with E-state index in [4.69, 9.17) is 0 Å². The van der Waals surface area contributed by atoms with E-state index in [0.717, 1.165) is 11.5 Å². The maximum Gasteiger partial charge on any atom is 0.271 e. The Morgan fingerprint density at radius 1 is 1.64 bits per heavy atom. The summed E-state index contributed by atoms with van der Waals surface area (Å²) in [4.78, 5) is 18.7. The number of hydrogen-bond donors (Lipinski definition) is 2. The number of rotatable bonds is 2. The van der Waals surface area contributed by atoms with E-state index in [2.05, 4.69) is 24.9 Å². The highest BCUT2D eigenvalue weighted by Crippen LogP contribution is 2.10. The molecule has 14 heavy (non-hydrogen) atoms. The van der Waals surface area contributed by atoms with Crippen LogP contribution in [0.25, 0.3) is 0 Å². The van der Waals surface area contributed by atoms with Crippen molar-refractivity contribution in [3.05, 3.63) is 23.0 Å². The number of aryl methyl sites for hydroxylation is 1. The fourth-order valence-electron chi connectivity index (χ4n) is 0.938. The fraction of sp³-hybridized carbons (Fsp3) is 0.143. The molecule has 0 unspecified atom stereocenters. The standard InChI is InChI=1S/C7H7N5OS/c1-4-5(14-12-11-4)6(13)10-7-8-2-3-9-7/h2-3H,1H3,(H2,8,9,10,13). The number of nitrogens with one attached hydrogen (secondary N) is 2. The van der Waals surface area contributed by atoms with Gasteiger partial charge in [-0.05, 0) is 18.5 Å². The van der Waals surface area contributed by atoms with E-state index in [-0.39, 0.29) is 5.91 Å². The Hall–Kier alpha value is -1.76. The van der Waals surface area contributed by atoms with Crippen LogP contribution in [0.3, 0.4) is 0 Å². The first-order valence-electron chi connectivity index (χ1n) is 3.87. The van der Waals surface area contributed by atoms with Crippen LogP contribution in [0.15, 0.2) is 12.4 Å². The van der Waals surface area contributed by atoms with E-state index in [1.807, 2.05) is 0 Å². The summed E-state index contributed by atoms with van der Waals surface area (Å²) in [5, 5.41) is 6.33. The van der Waals surface area contributed by atoms with Crippen LogP contribution in [0.2, 0.25) is 0 Å². The minimum Gasteiger partial charge on any atom is -0.331 e. The zero-order valence-corrected chi connectivity index (χ0v) is 8.13. The Morgan fingerprint density at radius 3 is 3.07 bits per heavy atom. The van der Waals surface area contributed by atoms with Crippen LogP contribution in [0, 0.1) is 6.92 Å². The van der Waals surface area contributed by atoms with Gasteiger partial charge in [-0.2, -0.15) is 0 Å². The molecular weight excluding hydrogens is 202 g/mol. The van der Waals surface area contributed by atoms with Crippen LogP contribution in [-0.4, -0.2) is 25.5 Å². The molecule has 2 aromatic heterocycles. The largest absolute Gasteiger partial charge is 0.331 e. The Balaban J connectivity index is 2.14. The summed E-state index contributed by atoms with van der Waals surface area (Å²) in [6, 6.07) is 0. The van der Waals surface area contributed by atoms with Crippen molar-refractivity contribution in [2.45, 2.75) is 6.92 Å². The first-order valence-corrected chi connectivity index (χ1v) is 4.64. The molecule has 72 valence electrons. The average Bonchev–Trinajstić information content (AvgIpc) is 2.75. The number of nitrogens with zero attached hydrogens (tertiary/aromatic N) is 3. The van der Waals surface area contributed by atoms with Gasteiger partial charge in [0.25, 0.3) is 5.91 Å². The van der Waals surface area contributed by atoms with Gasteiger partial charge in [0.2, 0.25) is 5.95 Å². The number of carbonyl (C=O) groups is 1. The van der Waals surface area contributed by atoms with Crippen LogP contribution >= 0.6 is 11.5 Å². The summed E-state index contributed by atoms with van der Waals surface area (Å²) in [5.41, 5.74) is 0.624. The molecule has 0 aliphatic heterocycles. The third-order valence-corrected chi connectivity index (χ3v) is 2.41. The van der Waals surface area contributed by atoms with Gasteiger partial charge < -0.3 is 4.98 Å². The Bertz CT molecular complexity index is 435. The number of aromatic nitrogens is 4. The summed E-state index contributed by atoms with van der Waals surface area (Å²) >= 11 is 1.06. The molecule has 0 bridgehead atoms. The van der Waals surface area contributed by atoms with E-state index in [0.29, 0.717) is 16.5 Å². The maximum atomic E-state index is 11.6. The lowest BCUT2D eigenvalue weighted by Crippen LogP contribution is -2.12. The molecule has 2 aromatic rings. The normalized spacial score (nSPS) is 10.1. The summed E-state index contributed by atoms with van der Waals surface area (Å²) in [5.74, 6) is 0.176. The van der Waals surface area contributed by atoms with Crippen molar-refractivity contribution < 1.29 is 4.79 Å².